The van der Waals surface area contributed by atoms with E-state index in [0.29, 0.717) is 0 Å². The Labute approximate surface area is 253 Å². The zero-order valence-electron chi connectivity index (χ0n) is 22.8. The molecule has 0 unspecified atom stereocenters. The number of nitrogen functional groups attached to an aromatic ring is 1. The molecule has 0 spiro atoms. The number of hydrogen-bond donors (Lipinski definition) is 3. The van der Waals surface area contributed by atoms with Crippen LogP contribution in [-0.4, -0.2) is 48.8 Å². The molecular weight excluding hydrogens is 632 g/mol. The summed E-state index contributed by atoms with van der Waals surface area (Å²) >= 11 is 0. The Morgan fingerprint density at radius 2 is 1.64 bits per heavy atom. The van der Waals surface area contributed by atoms with Gasteiger partial charge in [0.05, 0.1) is 16.3 Å². The van der Waals surface area contributed by atoms with Crippen LogP contribution in [0.25, 0.3) is 33.4 Å². The van der Waals surface area contributed by atoms with E-state index in [1.165, 1.54) is 67.7 Å². The highest BCUT2D eigenvalue weighted by atomic mass is 32.2. The number of nitro groups is 1. The molecule has 0 radical (unpaired) electrons. The smallest absolute Gasteiger partial charge is 0.304 e. The highest BCUT2D eigenvalue weighted by Crippen LogP contribution is 2.45. The number of nitro benzene ring substituents is 1. The second kappa shape index (κ2) is 11.2. The third kappa shape index (κ3) is 5.72. The maximum atomic E-state index is 13.7. The molecule has 5 rings (SSSR count). The van der Waals surface area contributed by atoms with Crippen molar-refractivity contribution in [2.45, 2.75) is 9.79 Å². The Balaban J connectivity index is 1.77. The maximum absolute atomic E-state index is 13.7. The number of non-ortho nitro benzene ring substituents is 1. The summed E-state index contributed by atoms with van der Waals surface area (Å²) < 4.78 is 77.4. The lowest BCUT2D eigenvalue weighted by molar-refractivity contribution is -0.384. The van der Waals surface area contributed by atoms with E-state index < -0.39 is 63.2 Å². The normalized spacial score (nSPS) is 12.2. The fraction of sp³-hybridized carbons (Fsp3) is 0.0370. The van der Waals surface area contributed by atoms with E-state index in [1.807, 2.05) is 0 Å². The van der Waals surface area contributed by atoms with Crippen LogP contribution in [-0.2, 0) is 20.2 Å². The van der Waals surface area contributed by atoms with E-state index in [1.54, 1.807) is 0 Å². The maximum Gasteiger partial charge on any atom is 0.304 e. The molecule has 45 heavy (non-hydrogen) atoms. The van der Waals surface area contributed by atoms with Crippen molar-refractivity contribution < 1.29 is 45.5 Å². The molecule has 0 saturated heterocycles. The monoisotopic (exact) mass is 652 g/mol. The SMILES string of the molecule is CN(N=Nc1ccc([N+](=O)[O-])cc1)C(=O)c1ccccc1-c1c2ccc(=[NH2+])c(S(=O)(=O)O)c-2oc2c(S(=O)(=O)[O-])c(N)ccc12. The van der Waals surface area contributed by atoms with Crippen LogP contribution < -0.4 is 16.5 Å². The number of benzene rings is 4. The first-order valence-electron chi connectivity index (χ1n) is 12.5. The highest BCUT2D eigenvalue weighted by molar-refractivity contribution is 7.86. The molecule has 1 amide bonds. The molecule has 0 aromatic heterocycles. The Bertz CT molecular complexity index is 2320. The lowest BCUT2D eigenvalue weighted by Gasteiger charge is -2.21. The van der Waals surface area contributed by atoms with Crippen LogP contribution in [0.2, 0.25) is 0 Å². The van der Waals surface area contributed by atoms with Gasteiger partial charge in [0.2, 0.25) is 10.3 Å². The first-order valence-corrected chi connectivity index (χ1v) is 15.3. The first-order chi connectivity index (χ1) is 21.1. The third-order valence-electron chi connectivity index (χ3n) is 6.61. The molecule has 3 aromatic rings. The molecular formula is C27H20N6O10S2. The Morgan fingerprint density at radius 1 is 0.978 bits per heavy atom. The molecule has 0 fully saturated rings. The van der Waals surface area contributed by atoms with Gasteiger partial charge in [-0.15, -0.1) is 5.11 Å². The van der Waals surface area contributed by atoms with Gasteiger partial charge in [-0.1, -0.05) is 23.4 Å². The van der Waals surface area contributed by atoms with Crippen LogP contribution in [0.1, 0.15) is 10.4 Å². The molecule has 0 bridgehead atoms. The summed E-state index contributed by atoms with van der Waals surface area (Å²) in [4.78, 5) is 22.1. The predicted octanol–water partition coefficient (Wildman–Crippen LogP) is 2.28. The molecule has 1 aliphatic heterocycles. The van der Waals surface area contributed by atoms with Gasteiger partial charge >= 0.3 is 10.1 Å². The minimum Gasteiger partial charge on any atom is -0.744 e. The second-order valence-corrected chi connectivity index (χ2v) is 12.1. The predicted molar refractivity (Wildman–Crippen MR) is 155 cm³/mol. The van der Waals surface area contributed by atoms with Crippen LogP contribution in [0.3, 0.4) is 0 Å². The van der Waals surface area contributed by atoms with Crippen molar-refractivity contribution in [1.82, 2.24) is 5.01 Å². The zero-order chi connectivity index (χ0) is 32.8. The first kappa shape index (κ1) is 30.9. The standard InChI is InChI=1S/C27H20N6O10S2/c1-32(31-30-14-6-8-15(9-7-14)33(35)36)27(34)17-5-3-2-4-16(17)22-18-10-12-20(28)25(44(37,38)39)23(18)43-24-19(22)11-13-21(29)26(24)45(40,41)42/h2-13,28H,29H2,1H3,(H,37,38,39)(H,40,41,42). The fourth-order valence-electron chi connectivity index (χ4n) is 4.68. The van der Waals surface area contributed by atoms with Crippen LogP contribution >= 0.6 is 0 Å². The lowest BCUT2D eigenvalue weighted by Crippen LogP contribution is -2.47. The van der Waals surface area contributed by atoms with Crippen molar-refractivity contribution in [2.24, 2.45) is 10.3 Å². The summed E-state index contributed by atoms with van der Waals surface area (Å²) in [5.41, 5.74) is 4.80. The van der Waals surface area contributed by atoms with Crippen molar-refractivity contribution >= 4 is 54.2 Å². The number of hydrogen-bond acceptors (Lipinski definition) is 12. The van der Waals surface area contributed by atoms with Crippen molar-refractivity contribution in [3.05, 3.63) is 93.8 Å². The van der Waals surface area contributed by atoms with Crippen molar-refractivity contribution in [3.8, 4) is 22.5 Å². The van der Waals surface area contributed by atoms with Crippen LogP contribution in [0.15, 0.2) is 97.3 Å². The molecule has 1 aliphatic carbocycles. The molecule has 230 valence electrons. The fourth-order valence-corrected chi connectivity index (χ4v) is 6.16. The van der Waals surface area contributed by atoms with E-state index in [4.69, 9.17) is 15.6 Å². The summed E-state index contributed by atoms with van der Waals surface area (Å²) in [6, 6.07) is 15.9. The number of nitrogens with two attached hydrogens (primary N) is 2. The summed E-state index contributed by atoms with van der Waals surface area (Å²) in [5, 5.41) is 24.9. The lowest BCUT2D eigenvalue weighted by atomic mass is 9.90. The van der Waals surface area contributed by atoms with Gasteiger partial charge in [0.25, 0.3) is 11.6 Å². The summed E-state index contributed by atoms with van der Waals surface area (Å²) in [6.45, 7) is 0. The van der Waals surface area contributed by atoms with E-state index >= 15 is 0 Å². The van der Waals surface area contributed by atoms with Gasteiger partial charge in [-0.05, 0) is 42.0 Å². The zero-order valence-corrected chi connectivity index (χ0v) is 24.4. The van der Waals surface area contributed by atoms with Gasteiger partial charge in [0, 0.05) is 47.3 Å². The summed E-state index contributed by atoms with van der Waals surface area (Å²) in [5.74, 6) is -1.35. The molecule has 0 atom stereocenters. The molecule has 2 aliphatic rings. The van der Waals surface area contributed by atoms with E-state index in [9.17, 15) is 40.8 Å². The van der Waals surface area contributed by atoms with Gasteiger partial charge in [-0.25, -0.2) is 13.4 Å². The molecule has 5 N–H and O–H groups in total. The van der Waals surface area contributed by atoms with Crippen molar-refractivity contribution in [2.75, 3.05) is 12.8 Å². The van der Waals surface area contributed by atoms with Gasteiger partial charge in [-0.2, -0.15) is 8.42 Å². The van der Waals surface area contributed by atoms with Gasteiger partial charge in [-0.3, -0.25) is 24.9 Å². The van der Waals surface area contributed by atoms with Crippen LogP contribution in [0, 0.1) is 10.1 Å². The number of carbonyl (C=O) groups is 1. The molecule has 3 aromatic carbocycles. The second-order valence-electron chi connectivity index (χ2n) is 9.46. The van der Waals surface area contributed by atoms with Crippen LogP contribution in [0.4, 0.5) is 17.1 Å². The van der Waals surface area contributed by atoms with Gasteiger partial charge < -0.3 is 14.7 Å². The van der Waals surface area contributed by atoms with Crippen molar-refractivity contribution in [1.29, 1.82) is 0 Å². The number of carbonyl (C=O) groups excluding carboxylic acids is 1. The average molecular weight is 653 g/mol. The van der Waals surface area contributed by atoms with Gasteiger partial charge in [0.1, 0.15) is 15.0 Å². The van der Waals surface area contributed by atoms with Crippen LogP contribution in [0.5, 0.6) is 0 Å². The number of anilines is 1. The third-order valence-corrected chi connectivity index (χ3v) is 8.47. The van der Waals surface area contributed by atoms with E-state index in [-0.39, 0.29) is 39.0 Å². The highest BCUT2D eigenvalue weighted by Gasteiger charge is 2.32. The number of fused-ring (bicyclic) bond motifs is 2. The van der Waals surface area contributed by atoms with E-state index in [2.05, 4.69) is 10.3 Å². The quantitative estimate of drug-likeness (QED) is 0.0573. The Morgan fingerprint density at radius 3 is 2.27 bits per heavy atom. The Kier molecular flexibility index (Phi) is 7.67. The van der Waals surface area contributed by atoms with E-state index in [0.717, 1.165) is 17.1 Å². The topological polar surface area (TPSA) is 264 Å². The largest absolute Gasteiger partial charge is 0.744 e. The summed E-state index contributed by atoms with van der Waals surface area (Å²) in [6.07, 6.45) is 0. The minimum atomic E-state index is -5.32. The molecule has 1 heterocycles. The van der Waals surface area contributed by atoms with Crippen molar-refractivity contribution in [3.63, 3.8) is 0 Å². The number of amides is 1. The summed E-state index contributed by atoms with van der Waals surface area (Å²) in [7, 11) is -9.12. The minimum absolute atomic E-state index is 0.0289. The number of nitrogens with zero attached hydrogens (tertiary/aromatic N) is 4. The average Bonchev–Trinajstić information content (AvgIpc) is 2.97. The molecule has 16 nitrogen and oxygen atoms in total. The van der Waals surface area contributed by atoms with Gasteiger partial charge in [0.15, 0.2) is 11.3 Å². The molecule has 0 saturated carbocycles. The Hall–Kier alpha value is -5.56. The number of rotatable bonds is 7. The molecule has 18 heteroatoms.